The molecule has 0 aromatic heterocycles. The molecule has 1 rings (SSSR count). The third-order valence-corrected chi connectivity index (χ3v) is 1.30. The number of allylic oxidation sites excluding steroid dienone is 1. The quantitative estimate of drug-likeness (QED) is 0.633. The van der Waals surface area contributed by atoms with Crippen LogP contribution < -0.4 is 0 Å². The summed E-state index contributed by atoms with van der Waals surface area (Å²) in [5.74, 6) is 0.214. The van der Waals surface area contributed by atoms with Crippen molar-refractivity contribution in [2.45, 2.75) is 20.3 Å². The first-order chi connectivity index (χ1) is 6.20. The molecule has 0 unspecified atom stereocenters. The molecule has 1 heteroatoms. The van der Waals surface area contributed by atoms with Crippen LogP contribution >= 0.6 is 0 Å². The fourth-order valence-corrected chi connectivity index (χ4v) is 0.883. The van der Waals surface area contributed by atoms with Crippen LogP contribution in [0.25, 0.3) is 0 Å². The van der Waals surface area contributed by atoms with Gasteiger partial charge in [-0.05, 0) is 19.4 Å². The van der Waals surface area contributed by atoms with Crippen LogP contribution in [0.3, 0.4) is 0 Å². The molecule has 0 aliphatic heterocycles. The smallest absolute Gasteiger partial charge is 0.134 e. The van der Waals surface area contributed by atoms with Crippen LogP contribution in [0.4, 0.5) is 0 Å². The molecule has 0 aliphatic carbocycles. The van der Waals surface area contributed by atoms with Crippen LogP contribution in [0.1, 0.15) is 19.4 Å². The van der Waals surface area contributed by atoms with Crippen molar-refractivity contribution in [3.63, 3.8) is 0 Å². The molecule has 70 valence electrons. The van der Waals surface area contributed by atoms with Gasteiger partial charge < -0.3 is 0 Å². The Kier molecular flexibility index (Phi) is 6.52. The van der Waals surface area contributed by atoms with Crippen molar-refractivity contribution < 1.29 is 4.79 Å². The van der Waals surface area contributed by atoms with Gasteiger partial charge in [-0.3, -0.25) is 4.79 Å². The van der Waals surface area contributed by atoms with E-state index >= 15 is 0 Å². The van der Waals surface area contributed by atoms with Crippen LogP contribution in [0, 0.1) is 0 Å². The van der Waals surface area contributed by atoms with E-state index < -0.39 is 0 Å². The second-order valence-electron chi connectivity index (χ2n) is 2.77. The average Bonchev–Trinajstić information content (AvgIpc) is 2.06. The summed E-state index contributed by atoms with van der Waals surface area (Å²) in [6, 6.07) is 9.75. The van der Waals surface area contributed by atoms with E-state index in [9.17, 15) is 4.79 Å². The SMILES string of the molecule is C=CC.CC(=O)Cc1ccccc1. The summed E-state index contributed by atoms with van der Waals surface area (Å²) in [6.45, 7) is 6.85. The van der Waals surface area contributed by atoms with Gasteiger partial charge in [0.1, 0.15) is 5.78 Å². The molecule has 0 radical (unpaired) electrons. The Morgan fingerprint density at radius 1 is 1.38 bits per heavy atom. The molecule has 0 N–H and O–H groups in total. The summed E-state index contributed by atoms with van der Waals surface area (Å²) in [4.78, 5) is 10.6. The lowest BCUT2D eigenvalue weighted by Crippen LogP contribution is -1.94. The normalized spacial score (nSPS) is 8.15. The first-order valence-corrected chi connectivity index (χ1v) is 4.31. The maximum atomic E-state index is 10.6. The highest BCUT2D eigenvalue weighted by atomic mass is 16.1. The highest BCUT2D eigenvalue weighted by Crippen LogP contribution is 1.98. The Balaban J connectivity index is 0.000000424. The second-order valence-corrected chi connectivity index (χ2v) is 2.77. The average molecular weight is 176 g/mol. The molecule has 0 saturated heterocycles. The van der Waals surface area contributed by atoms with Crippen molar-refractivity contribution in [3.05, 3.63) is 48.6 Å². The highest BCUT2D eigenvalue weighted by Gasteiger charge is 1.93. The van der Waals surface area contributed by atoms with E-state index in [1.807, 2.05) is 37.3 Å². The molecule has 1 aromatic carbocycles. The van der Waals surface area contributed by atoms with Gasteiger partial charge in [-0.2, -0.15) is 0 Å². The molecule has 0 spiro atoms. The Bertz CT molecular complexity index is 249. The molecule has 13 heavy (non-hydrogen) atoms. The number of benzene rings is 1. The van der Waals surface area contributed by atoms with Gasteiger partial charge in [-0.1, -0.05) is 36.4 Å². The zero-order valence-electron chi connectivity index (χ0n) is 8.29. The maximum absolute atomic E-state index is 10.6. The van der Waals surface area contributed by atoms with Crippen molar-refractivity contribution in [2.24, 2.45) is 0 Å². The molecule has 1 aromatic rings. The standard InChI is InChI=1S/C9H10O.C3H6/c1-8(10)7-9-5-3-2-4-6-9;1-3-2/h2-6H,7H2,1H3;3H,1H2,2H3. The number of Topliss-reactive ketones (excluding diaryl/α,β-unsaturated/α-hetero) is 1. The lowest BCUT2D eigenvalue weighted by atomic mass is 10.1. The number of ketones is 1. The van der Waals surface area contributed by atoms with Crippen LogP contribution in [0.5, 0.6) is 0 Å². The number of carbonyl (C=O) groups is 1. The van der Waals surface area contributed by atoms with Crippen LogP contribution in [0.15, 0.2) is 43.0 Å². The third kappa shape index (κ3) is 7.01. The molecule has 0 atom stereocenters. The van der Waals surface area contributed by atoms with Gasteiger partial charge in [0.25, 0.3) is 0 Å². The van der Waals surface area contributed by atoms with Crippen LogP contribution in [-0.4, -0.2) is 5.78 Å². The molecule has 1 nitrogen and oxygen atoms in total. The second kappa shape index (κ2) is 7.29. The summed E-state index contributed by atoms with van der Waals surface area (Å²) in [5, 5.41) is 0. The largest absolute Gasteiger partial charge is 0.300 e. The summed E-state index contributed by atoms with van der Waals surface area (Å²) in [6.07, 6.45) is 2.31. The molecule has 0 heterocycles. The van der Waals surface area contributed by atoms with E-state index in [-0.39, 0.29) is 5.78 Å². The molecular formula is C12H16O. The zero-order chi connectivity index (χ0) is 10.1. The van der Waals surface area contributed by atoms with Crippen molar-refractivity contribution in [3.8, 4) is 0 Å². The highest BCUT2D eigenvalue weighted by molar-refractivity contribution is 5.78. The summed E-state index contributed by atoms with van der Waals surface area (Å²) in [5.41, 5.74) is 1.09. The van der Waals surface area contributed by atoms with E-state index in [1.54, 1.807) is 13.0 Å². The number of rotatable bonds is 2. The molecular weight excluding hydrogens is 160 g/mol. The molecule has 0 aliphatic rings. The van der Waals surface area contributed by atoms with Crippen LogP contribution in [-0.2, 0) is 11.2 Å². The van der Waals surface area contributed by atoms with Crippen molar-refractivity contribution in [2.75, 3.05) is 0 Å². The number of hydrogen-bond acceptors (Lipinski definition) is 1. The van der Waals surface area contributed by atoms with E-state index in [1.165, 1.54) is 0 Å². The van der Waals surface area contributed by atoms with Crippen molar-refractivity contribution in [1.82, 2.24) is 0 Å². The maximum Gasteiger partial charge on any atom is 0.134 e. The number of hydrogen-bond donors (Lipinski definition) is 0. The minimum atomic E-state index is 0.214. The Morgan fingerprint density at radius 2 is 1.85 bits per heavy atom. The van der Waals surface area contributed by atoms with Gasteiger partial charge >= 0.3 is 0 Å². The molecule has 0 fully saturated rings. The zero-order valence-corrected chi connectivity index (χ0v) is 8.29. The summed E-state index contributed by atoms with van der Waals surface area (Å²) in [7, 11) is 0. The van der Waals surface area contributed by atoms with Gasteiger partial charge in [-0.25, -0.2) is 0 Å². The van der Waals surface area contributed by atoms with E-state index in [0.29, 0.717) is 6.42 Å². The molecule has 0 saturated carbocycles. The minimum Gasteiger partial charge on any atom is -0.300 e. The minimum absolute atomic E-state index is 0.214. The van der Waals surface area contributed by atoms with Crippen LogP contribution in [0.2, 0.25) is 0 Å². The first kappa shape index (κ1) is 11.6. The summed E-state index contributed by atoms with van der Waals surface area (Å²) >= 11 is 0. The summed E-state index contributed by atoms with van der Waals surface area (Å²) < 4.78 is 0. The topological polar surface area (TPSA) is 17.1 Å². The fraction of sp³-hybridized carbons (Fsp3) is 0.250. The van der Waals surface area contributed by atoms with Crippen molar-refractivity contribution >= 4 is 5.78 Å². The van der Waals surface area contributed by atoms with Gasteiger partial charge in [0.15, 0.2) is 0 Å². The monoisotopic (exact) mass is 176 g/mol. The Morgan fingerprint density at radius 3 is 2.23 bits per heavy atom. The Labute approximate surface area is 80.1 Å². The van der Waals surface area contributed by atoms with E-state index in [4.69, 9.17) is 0 Å². The lowest BCUT2D eigenvalue weighted by molar-refractivity contribution is -0.116. The lowest BCUT2D eigenvalue weighted by Gasteiger charge is -1.93. The third-order valence-electron chi connectivity index (χ3n) is 1.30. The van der Waals surface area contributed by atoms with Gasteiger partial charge in [0.05, 0.1) is 0 Å². The van der Waals surface area contributed by atoms with Gasteiger partial charge in [0.2, 0.25) is 0 Å². The fourth-order valence-electron chi connectivity index (χ4n) is 0.883. The van der Waals surface area contributed by atoms with Crippen molar-refractivity contribution in [1.29, 1.82) is 0 Å². The van der Waals surface area contributed by atoms with E-state index in [0.717, 1.165) is 5.56 Å². The van der Waals surface area contributed by atoms with E-state index in [2.05, 4.69) is 6.58 Å². The first-order valence-electron chi connectivity index (χ1n) is 4.31. The molecule has 0 amide bonds. The molecule has 0 bridgehead atoms. The Hall–Kier alpha value is -1.37. The predicted molar refractivity (Wildman–Crippen MR) is 56.7 cm³/mol. The van der Waals surface area contributed by atoms with Gasteiger partial charge in [-0.15, -0.1) is 6.58 Å². The predicted octanol–water partition coefficient (Wildman–Crippen LogP) is 3.01. The van der Waals surface area contributed by atoms with Gasteiger partial charge in [0, 0.05) is 6.42 Å². The number of carbonyl (C=O) groups excluding carboxylic acids is 1.